The molecule has 0 atom stereocenters. The van der Waals surface area contributed by atoms with Gasteiger partial charge in [-0.05, 0) is 24.7 Å². The largest absolute Gasteiger partial charge is 0.364 e. The maximum absolute atomic E-state index is 12.0. The molecule has 0 aromatic heterocycles. The Morgan fingerprint density at radius 2 is 2.11 bits per heavy atom. The number of hydrogen-bond acceptors (Lipinski definition) is 4. The third kappa shape index (κ3) is 4.71. The van der Waals surface area contributed by atoms with Gasteiger partial charge in [-0.15, -0.1) is 0 Å². The highest BCUT2D eigenvalue weighted by Crippen LogP contribution is 2.26. The minimum Gasteiger partial charge on any atom is -0.364 e. The SMILES string of the molecule is CC1(C)CN=C(NCCC(=O)N2CCCCC2)SC1. The van der Waals surface area contributed by atoms with E-state index in [0.29, 0.717) is 18.4 Å². The molecule has 0 aliphatic carbocycles. The fourth-order valence-corrected chi connectivity index (χ4v) is 3.30. The summed E-state index contributed by atoms with van der Waals surface area (Å²) >= 11 is 1.77. The first-order valence-electron chi connectivity index (χ1n) is 7.26. The number of nitrogens with one attached hydrogen (secondary N) is 1. The molecule has 2 heterocycles. The van der Waals surface area contributed by atoms with E-state index in [4.69, 9.17) is 0 Å². The lowest BCUT2D eigenvalue weighted by Gasteiger charge is -2.28. The number of thioether (sulfide) groups is 1. The second-order valence-corrected chi connectivity index (χ2v) is 7.16. The third-order valence-electron chi connectivity index (χ3n) is 3.57. The maximum Gasteiger partial charge on any atom is 0.224 e. The van der Waals surface area contributed by atoms with Crippen LogP contribution in [0.25, 0.3) is 0 Å². The minimum absolute atomic E-state index is 0.286. The molecule has 1 fully saturated rings. The van der Waals surface area contributed by atoms with Gasteiger partial charge in [0.05, 0.1) is 0 Å². The Morgan fingerprint density at radius 1 is 1.37 bits per heavy atom. The van der Waals surface area contributed by atoms with Crippen LogP contribution in [0, 0.1) is 5.41 Å². The number of hydrogen-bond donors (Lipinski definition) is 1. The van der Waals surface area contributed by atoms with E-state index in [1.807, 2.05) is 4.90 Å². The lowest BCUT2D eigenvalue weighted by Crippen LogP contribution is -2.38. The number of likely N-dealkylation sites (tertiary alicyclic amines) is 1. The summed E-state index contributed by atoms with van der Waals surface area (Å²) in [4.78, 5) is 18.5. The summed E-state index contributed by atoms with van der Waals surface area (Å²) in [6.45, 7) is 7.95. The lowest BCUT2D eigenvalue weighted by molar-refractivity contribution is -0.131. The number of carbonyl (C=O) groups excluding carboxylic acids is 1. The molecule has 1 amide bonds. The molecule has 4 nitrogen and oxygen atoms in total. The predicted molar refractivity (Wildman–Crippen MR) is 81.6 cm³/mol. The zero-order valence-corrected chi connectivity index (χ0v) is 12.9. The van der Waals surface area contributed by atoms with Gasteiger partial charge < -0.3 is 10.2 Å². The van der Waals surface area contributed by atoms with Gasteiger partial charge in [-0.3, -0.25) is 9.79 Å². The minimum atomic E-state index is 0.286. The van der Waals surface area contributed by atoms with Gasteiger partial charge in [-0.1, -0.05) is 25.6 Å². The van der Waals surface area contributed by atoms with Crippen molar-refractivity contribution in [3.63, 3.8) is 0 Å². The van der Waals surface area contributed by atoms with Crippen LogP contribution in [0.1, 0.15) is 39.5 Å². The van der Waals surface area contributed by atoms with E-state index in [1.54, 1.807) is 11.8 Å². The second kappa shape index (κ2) is 6.64. The van der Waals surface area contributed by atoms with Crippen molar-refractivity contribution in [2.45, 2.75) is 39.5 Å². The van der Waals surface area contributed by atoms with Crippen molar-refractivity contribution in [1.82, 2.24) is 10.2 Å². The van der Waals surface area contributed by atoms with Crippen molar-refractivity contribution in [3.8, 4) is 0 Å². The van der Waals surface area contributed by atoms with E-state index < -0.39 is 0 Å². The molecule has 0 bridgehead atoms. The second-order valence-electron chi connectivity index (χ2n) is 6.19. The molecule has 2 aliphatic rings. The monoisotopic (exact) mass is 283 g/mol. The van der Waals surface area contributed by atoms with Crippen LogP contribution < -0.4 is 5.32 Å². The molecule has 1 N–H and O–H groups in total. The molecular weight excluding hydrogens is 258 g/mol. The fraction of sp³-hybridized carbons (Fsp3) is 0.857. The summed E-state index contributed by atoms with van der Waals surface area (Å²) in [6.07, 6.45) is 4.18. The Morgan fingerprint density at radius 3 is 2.74 bits per heavy atom. The highest BCUT2D eigenvalue weighted by molar-refractivity contribution is 8.13. The fourth-order valence-electron chi connectivity index (χ4n) is 2.33. The van der Waals surface area contributed by atoms with Gasteiger partial charge >= 0.3 is 0 Å². The van der Waals surface area contributed by atoms with Gasteiger partial charge in [0.25, 0.3) is 0 Å². The molecule has 5 heteroatoms. The van der Waals surface area contributed by atoms with Crippen molar-refractivity contribution in [1.29, 1.82) is 0 Å². The van der Waals surface area contributed by atoms with E-state index in [1.165, 1.54) is 6.42 Å². The van der Waals surface area contributed by atoms with Gasteiger partial charge in [0.1, 0.15) is 0 Å². The first-order chi connectivity index (χ1) is 9.07. The van der Waals surface area contributed by atoms with Crippen LogP contribution in [-0.4, -0.2) is 47.9 Å². The average molecular weight is 283 g/mol. The number of nitrogens with zero attached hydrogens (tertiary/aromatic N) is 2. The number of carbonyl (C=O) groups is 1. The Hall–Kier alpha value is -0.710. The smallest absolute Gasteiger partial charge is 0.224 e. The molecule has 1 saturated heterocycles. The molecule has 0 aromatic rings. The van der Waals surface area contributed by atoms with Gasteiger partial charge in [0.15, 0.2) is 5.17 Å². The summed E-state index contributed by atoms with van der Waals surface area (Å²) < 4.78 is 0. The van der Waals surface area contributed by atoms with Crippen molar-refractivity contribution < 1.29 is 4.79 Å². The number of amides is 1. The average Bonchev–Trinajstić information content (AvgIpc) is 2.41. The molecule has 0 aromatic carbocycles. The normalized spacial score (nSPS) is 22.8. The zero-order chi connectivity index (χ0) is 13.7. The van der Waals surface area contributed by atoms with E-state index in [0.717, 1.165) is 43.4 Å². The molecule has 0 unspecified atom stereocenters. The highest BCUT2D eigenvalue weighted by atomic mass is 32.2. The van der Waals surface area contributed by atoms with Crippen LogP contribution in [0.15, 0.2) is 4.99 Å². The summed E-state index contributed by atoms with van der Waals surface area (Å²) in [6, 6.07) is 0. The summed E-state index contributed by atoms with van der Waals surface area (Å²) in [7, 11) is 0. The Balaban J connectivity index is 1.66. The van der Waals surface area contributed by atoms with Crippen LogP contribution in [0.5, 0.6) is 0 Å². The molecule has 2 rings (SSSR count). The Bertz CT molecular complexity index is 349. The van der Waals surface area contributed by atoms with E-state index in [2.05, 4.69) is 24.2 Å². The van der Waals surface area contributed by atoms with Gasteiger partial charge in [0.2, 0.25) is 5.91 Å². The number of amidine groups is 1. The summed E-state index contributed by atoms with van der Waals surface area (Å²) in [5.41, 5.74) is 0.305. The number of rotatable bonds is 3. The summed E-state index contributed by atoms with van der Waals surface area (Å²) in [5, 5.41) is 4.30. The van der Waals surface area contributed by atoms with Gasteiger partial charge in [0, 0.05) is 38.4 Å². The van der Waals surface area contributed by atoms with Crippen molar-refractivity contribution in [2.24, 2.45) is 10.4 Å². The van der Waals surface area contributed by atoms with Crippen molar-refractivity contribution >= 4 is 22.8 Å². The zero-order valence-electron chi connectivity index (χ0n) is 12.1. The van der Waals surface area contributed by atoms with Crippen LogP contribution in [0.4, 0.5) is 0 Å². The molecule has 108 valence electrons. The summed E-state index contributed by atoms with van der Waals surface area (Å²) in [5.74, 6) is 1.38. The van der Waals surface area contributed by atoms with Crippen molar-refractivity contribution in [3.05, 3.63) is 0 Å². The molecule has 0 spiro atoms. The third-order valence-corrected chi connectivity index (χ3v) is 5.05. The molecule has 0 saturated carbocycles. The standard InChI is InChI=1S/C14H25N3OS/c1-14(2)10-16-13(19-11-14)15-7-6-12(18)17-8-4-3-5-9-17/h3-11H2,1-2H3,(H,15,16). The van der Waals surface area contributed by atoms with Crippen molar-refractivity contribution in [2.75, 3.05) is 31.9 Å². The van der Waals surface area contributed by atoms with Gasteiger partial charge in [-0.2, -0.15) is 0 Å². The maximum atomic E-state index is 12.0. The topological polar surface area (TPSA) is 44.7 Å². The highest BCUT2D eigenvalue weighted by Gasteiger charge is 2.23. The van der Waals surface area contributed by atoms with Crippen LogP contribution in [0.2, 0.25) is 0 Å². The Kier molecular flexibility index (Phi) is 5.13. The quantitative estimate of drug-likeness (QED) is 0.863. The molecule has 19 heavy (non-hydrogen) atoms. The molecule has 0 radical (unpaired) electrons. The van der Waals surface area contributed by atoms with E-state index in [-0.39, 0.29) is 5.91 Å². The van der Waals surface area contributed by atoms with E-state index in [9.17, 15) is 4.79 Å². The predicted octanol–water partition coefficient (Wildman–Crippen LogP) is 2.11. The van der Waals surface area contributed by atoms with Gasteiger partial charge in [-0.25, -0.2) is 0 Å². The van der Waals surface area contributed by atoms with E-state index >= 15 is 0 Å². The van der Waals surface area contributed by atoms with Crippen LogP contribution in [0.3, 0.4) is 0 Å². The first kappa shape index (κ1) is 14.7. The number of aliphatic imine (C=N–C) groups is 1. The lowest BCUT2D eigenvalue weighted by atomic mass is 9.97. The first-order valence-corrected chi connectivity index (χ1v) is 8.24. The Labute approximate surface area is 120 Å². The molecule has 2 aliphatic heterocycles. The van der Waals surface area contributed by atoms with Crippen LogP contribution >= 0.6 is 11.8 Å². The number of piperidine rings is 1. The van der Waals surface area contributed by atoms with Crippen LogP contribution in [-0.2, 0) is 4.79 Å². The molecular formula is C14H25N3OS.